The molecule has 1 heterocycles. The number of carbonyl (C=O) groups excluding carboxylic acids is 1. The van der Waals surface area contributed by atoms with Gasteiger partial charge in [0.15, 0.2) is 0 Å². The Kier molecular flexibility index (Phi) is 7.54. The molecule has 2 aliphatic rings. The van der Waals surface area contributed by atoms with Gasteiger partial charge < -0.3 is 25.2 Å². The predicted molar refractivity (Wildman–Crippen MR) is 141 cm³/mol. The highest BCUT2D eigenvalue weighted by molar-refractivity contribution is 5.79. The smallest absolute Gasteiger partial charge is 0.407 e. The molecule has 1 amide bonds. The maximum atomic E-state index is 12.4. The molecule has 2 unspecified atom stereocenters. The number of anilines is 1. The van der Waals surface area contributed by atoms with E-state index in [4.69, 9.17) is 4.74 Å². The average molecular weight is 487 g/mol. The summed E-state index contributed by atoms with van der Waals surface area (Å²) in [5.41, 5.74) is 6.41. The summed E-state index contributed by atoms with van der Waals surface area (Å²) in [4.78, 5) is 14.7. The van der Waals surface area contributed by atoms with Crippen LogP contribution in [0.25, 0.3) is 11.1 Å². The Morgan fingerprint density at radius 3 is 2.19 bits per heavy atom. The van der Waals surface area contributed by atoms with Crippen molar-refractivity contribution in [3.8, 4) is 11.1 Å². The highest BCUT2D eigenvalue weighted by atomic mass is 16.5. The second-order valence-electron chi connectivity index (χ2n) is 9.66. The monoisotopic (exact) mass is 486 g/mol. The van der Waals surface area contributed by atoms with Crippen LogP contribution in [0.4, 0.5) is 10.5 Å². The van der Waals surface area contributed by atoms with Gasteiger partial charge in [-0.3, -0.25) is 0 Å². The maximum absolute atomic E-state index is 12.4. The van der Waals surface area contributed by atoms with E-state index in [1.54, 1.807) is 0 Å². The number of aliphatic hydroxyl groups is 2. The molecule has 1 aliphatic heterocycles. The van der Waals surface area contributed by atoms with E-state index in [2.05, 4.69) is 34.5 Å². The Bertz CT molecular complexity index is 1150. The van der Waals surface area contributed by atoms with Gasteiger partial charge in [-0.2, -0.15) is 0 Å². The molecular weight excluding hydrogens is 452 g/mol. The third-order valence-corrected chi connectivity index (χ3v) is 7.37. The highest BCUT2D eigenvalue weighted by Crippen LogP contribution is 2.44. The van der Waals surface area contributed by atoms with Crippen LogP contribution in [0, 0.1) is 0 Å². The fourth-order valence-corrected chi connectivity index (χ4v) is 5.50. The Morgan fingerprint density at radius 1 is 0.889 bits per heavy atom. The van der Waals surface area contributed by atoms with Gasteiger partial charge in [0, 0.05) is 36.8 Å². The first-order valence-corrected chi connectivity index (χ1v) is 12.9. The number of nitrogens with zero attached hydrogens (tertiary/aromatic N) is 1. The van der Waals surface area contributed by atoms with Crippen molar-refractivity contribution in [3.05, 3.63) is 89.5 Å². The summed E-state index contributed by atoms with van der Waals surface area (Å²) in [6.45, 7) is 2.38. The molecule has 0 bridgehead atoms. The average Bonchev–Trinajstić information content (AvgIpc) is 3.25. The zero-order valence-electron chi connectivity index (χ0n) is 20.5. The van der Waals surface area contributed by atoms with Crippen LogP contribution in [-0.2, 0) is 4.74 Å². The predicted octanol–water partition coefficient (Wildman–Crippen LogP) is 5.00. The van der Waals surface area contributed by atoms with Gasteiger partial charge in [0.1, 0.15) is 12.7 Å². The van der Waals surface area contributed by atoms with Gasteiger partial charge in [-0.15, -0.1) is 0 Å². The number of ether oxygens (including phenoxy) is 1. The Hall–Kier alpha value is -3.35. The van der Waals surface area contributed by atoms with E-state index in [1.807, 2.05) is 48.5 Å². The quantitative estimate of drug-likeness (QED) is 0.417. The maximum Gasteiger partial charge on any atom is 0.407 e. The van der Waals surface area contributed by atoms with Crippen molar-refractivity contribution in [2.45, 2.75) is 43.8 Å². The van der Waals surface area contributed by atoms with Crippen LogP contribution in [0.1, 0.15) is 54.4 Å². The van der Waals surface area contributed by atoms with Crippen molar-refractivity contribution in [2.75, 3.05) is 31.1 Å². The van der Waals surface area contributed by atoms with Gasteiger partial charge in [-0.1, -0.05) is 66.7 Å². The third kappa shape index (κ3) is 5.11. The molecule has 0 saturated carbocycles. The van der Waals surface area contributed by atoms with E-state index in [0.717, 1.165) is 48.3 Å². The first-order valence-electron chi connectivity index (χ1n) is 12.9. The minimum Gasteiger partial charge on any atom is -0.449 e. The fraction of sp³-hybridized carbons (Fsp3) is 0.367. The van der Waals surface area contributed by atoms with Crippen molar-refractivity contribution in [3.63, 3.8) is 0 Å². The van der Waals surface area contributed by atoms with Crippen LogP contribution in [0.3, 0.4) is 0 Å². The van der Waals surface area contributed by atoms with Gasteiger partial charge in [-0.05, 0) is 54.0 Å². The zero-order chi connectivity index (χ0) is 24.9. The topological polar surface area (TPSA) is 82.0 Å². The first-order chi connectivity index (χ1) is 17.6. The van der Waals surface area contributed by atoms with Crippen molar-refractivity contribution in [1.82, 2.24) is 5.32 Å². The lowest BCUT2D eigenvalue weighted by atomic mass is 9.98. The summed E-state index contributed by atoms with van der Waals surface area (Å²) in [6.07, 6.45) is 1.18. The molecule has 6 heteroatoms. The lowest BCUT2D eigenvalue weighted by Gasteiger charge is -2.32. The molecule has 1 saturated heterocycles. The van der Waals surface area contributed by atoms with Gasteiger partial charge >= 0.3 is 6.09 Å². The summed E-state index contributed by atoms with van der Waals surface area (Å²) in [5.74, 6) is 0.00171. The van der Waals surface area contributed by atoms with Crippen LogP contribution in [-0.4, -0.2) is 48.7 Å². The number of fused-ring (bicyclic) bond motifs is 3. The number of aliphatic hydroxyl groups excluding tert-OH is 2. The number of rotatable bonds is 8. The highest BCUT2D eigenvalue weighted by Gasteiger charge is 2.29. The summed E-state index contributed by atoms with van der Waals surface area (Å²) < 4.78 is 5.56. The Labute approximate surface area is 212 Å². The molecule has 188 valence electrons. The van der Waals surface area contributed by atoms with Gasteiger partial charge in [0.2, 0.25) is 0 Å². The second kappa shape index (κ2) is 11.1. The lowest BCUT2D eigenvalue weighted by molar-refractivity contribution is 0.0139. The third-order valence-electron chi connectivity index (χ3n) is 7.37. The number of amides is 1. The van der Waals surface area contributed by atoms with Gasteiger partial charge in [-0.25, -0.2) is 4.79 Å². The van der Waals surface area contributed by atoms with Crippen molar-refractivity contribution < 1.29 is 19.7 Å². The molecular formula is C30H34N2O4. The minimum absolute atomic E-state index is 0.00171. The molecule has 5 rings (SSSR count). The van der Waals surface area contributed by atoms with E-state index in [-0.39, 0.29) is 25.5 Å². The normalized spacial score (nSPS) is 16.7. The molecule has 1 aliphatic carbocycles. The molecule has 3 aromatic carbocycles. The van der Waals surface area contributed by atoms with Gasteiger partial charge in [0.05, 0.1) is 6.10 Å². The number of benzene rings is 3. The number of piperidine rings is 1. The first kappa shape index (κ1) is 24.3. The second-order valence-corrected chi connectivity index (χ2v) is 9.66. The lowest BCUT2D eigenvalue weighted by Crippen LogP contribution is -2.33. The van der Waals surface area contributed by atoms with Crippen molar-refractivity contribution >= 4 is 11.8 Å². The summed E-state index contributed by atoms with van der Waals surface area (Å²) >= 11 is 0. The number of carbonyl (C=O) groups is 1. The minimum atomic E-state index is -1.02. The van der Waals surface area contributed by atoms with E-state index < -0.39 is 18.3 Å². The number of hydrogen-bond acceptors (Lipinski definition) is 5. The largest absolute Gasteiger partial charge is 0.449 e. The summed E-state index contributed by atoms with van der Waals surface area (Å²) in [5, 5.41) is 24.3. The van der Waals surface area contributed by atoms with Crippen LogP contribution < -0.4 is 10.2 Å². The number of nitrogens with one attached hydrogen (secondary N) is 1. The standard InChI is InChI=1S/C30H34N2O4/c33-28(29(34)25-14-6-7-15-27(25)32-18-8-1-9-19-32)16-17-31-30(35)36-20-26-23-12-4-2-10-21(23)22-11-3-5-13-24(22)26/h2-7,10-15,26,28-29,33-34H,1,8-9,16-20H2,(H,31,35). The van der Waals surface area contributed by atoms with Crippen LogP contribution in [0.15, 0.2) is 72.8 Å². The SMILES string of the molecule is O=C(NCCC(O)C(O)c1ccccc1N1CCCCC1)OCC1c2ccccc2-c2ccccc21. The molecule has 0 spiro atoms. The molecule has 2 atom stereocenters. The van der Waals surface area contributed by atoms with Crippen LogP contribution >= 0.6 is 0 Å². The molecule has 3 N–H and O–H groups in total. The molecule has 3 aromatic rings. The summed E-state index contributed by atoms with van der Waals surface area (Å²) in [7, 11) is 0. The van der Waals surface area contributed by atoms with Crippen LogP contribution in [0.5, 0.6) is 0 Å². The zero-order valence-corrected chi connectivity index (χ0v) is 20.5. The number of para-hydroxylation sites is 1. The van der Waals surface area contributed by atoms with Crippen molar-refractivity contribution in [1.29, 1.82) is 0 Å². The summed E-state index contributed by atoms with van der Waals surface area (Å²) in [6, 6.07) is 24.2. The number of alkyl carbamates (subject to hydrolysis) is 1. The van der Waals surface area contributed by atoms with E-state index in [0.29, 0.717) is 0 Å². The van der Waals surface area contributed by atoms with Crippen molar-refractivity contribution in [2.24, 2.45) is 0 Å². The molecule has 6 nitrogen and oxygen atoms in total. The molecule has 36 heavy (non-hydrogen) atoms. The van der Waals surface area contributed by atoms with E-state index >= 15 is 0 Å². The van der Waals surface area contributed by atoms with Gasteiger partial charge in [0.25, 0.3) is 0 Å². The molecule has 0 radical (unpaired) electrons. The van der Waals surface area contributed by atoms with E-state index in [9.17, 15) is 15.0 Å². The Balaban J connectivity index is 1.13. The fourth-order valence-electron chi connectivity index (χ4n) is 5.50. The van der Waals surface area contributed by atoms with Crippen LogP contribution in [0.2, 0.25) is 0 Å². The Morgan fingerprint density at radius 2 is 1.50 bits per heavy atom. The number of hydrogen-bond donors (Lipinski definition) is 3. The molecule has 1 fully saturated rings. The molecule has 0 aromatic heterocycles. The van der Waals surface area contributed by atoms with E-state index in [1.165, 1.54) is 17.5 Å².